The second-order valence-electron chi connectivity index (χ2n) is 4.69. The number of nitrogens with zero attached hydrogens (tertiary/aromatic N) is 1. The second kappa shape index (κ2) is 5.85. The van der Waals surface area contributed by atoms with Crippen LogP contribution in [0.3, 0.4) is 0 Å². The van der Waals surface area contributed by atoms with Crippen molar-refractivity contribution in [3.63, 3.8) is 0 Å². The molecule has 2 nitrogen and oxygen atoms in total. The summed E-state index contributed by atoms with van der Waals surface area (Å²) in [7, 11) is 1.98. The first-order chi connectivity index (χ1) is 7.49. The van der Waals surface area contributed by atoms with Crippen LogP contribution in [0.5, 0.6) is 5.75 Å². The third-order valence-corrected chi connectivity index (χ3v) is 2.57. The van der Waals surface area contributed by atoms with E-state index in [9.17, 15) is 9.50 Å². The van der Waals surface area contributed by atoms with E-state index >= 15 is 0 Å². The summed E-state index contributed by atoms with van der Waals surface area (Å²) in [6, 6.07) is 4.06. The zero-order valence-corrected chi connectivity index (χ0v) is 10.2. The number of hydrogen-bond acceptors (Lipinski definition) is 2. The van der Waals surface area contributed by atoms with Crippen LogP contribution in [0.15, 0.2) is 18.2 Å². The molecule has 0 spiro atoms. The molecule has 0 aliphatic heterocycles. The van der Waals surface area contributed by atoms with Crippen molar-refractivity contribution in [1.82, 2.24) is 4.90 Å². The van der Waals surface area contributed by atoms with Crippen molar-refractivity contribution in [3.05, 3.63) is 29.6 Å². The van der Waals surface area contributed by atoms with Gasteiger partial charge in [-0.3, -0.25) is 0 Å². The van der Waals surface area contributed by atoms with Gasteiger partial charge in [0.25, 0.3) is 0 Å². The van der Waals surface area contributed by atoms with Gasteiger partial charge in [0.05, 0.1) is 0 Å². The van der Waals surface area contributed by atoms with E-state index in [1.54, 1.807) is 0 Å². The maximum atomic E-state index is 13.0. The molecule has 0 unspecified atom stereocenters. The predicted molar refractivity (Wildman–Crippen MR) is 63.9 cm³/mol. The summed E-state index contributed by atoms with van der Waals surface area (Å²) in [6.07, 6.45) is 1.10. The minimum Gasteiger partial charge on any atom is -0.508 e. The molecule has 0 saturated carbocycles. The first-order valence-electron chi connectivity index (χ1n) is 5.65. The summed E-state index contributed by atoms with van der Waals surface area (Å²) >= 11 is 0. The van der Waals surface area contributed by atoms with Crippen LogP contribution in [0.1, 0.15) is 25.8 Å². The van der Waals surface area contributed by atoms with Gasteiger partial charge in [0.1, 0.15) is 11.6 Å². The number of benzene rings is 1. The molecular weight excluding hydrogens is 205 g/mol. The largest absolute Gasteiger partial charge is 0.508 e. The molecule has 1 N–H and O–H groups in total. The van der Waals surface area contributed by atoms with E-state index in [0.29, 0.717) is 18.0 Å². The zero-order valence-electron chi connectivity index (χ0n) is 10.2. The fourth-order valence-corrected chi connectivity index (χ4v) is 1.53. The summed E-state index contributed by atoms with van der Waals surface area (Å²) in [5, 5.41) is 9.57. The lowest BCUT2D eigenvalue weighted by atomic mass is 10.1. The van der Waals surface area contributed by atoms with E-state index in [-0.39, 0.29) is 11.6 Å². The molecule has 3 heteroatoms. The Morgan fingerprint density at radius 1 is 1.38 bits per heavy atom. The molecule has 16 heavy (non-hydrogen) atoms. The van der Waals surface area contributed by atoms with Crippen molar-refractivity contribution in [2.75, 3.05) is 13.6 Å². The van der Waals surface area contributed by atoms with Crippen molar-refractivity contribution in [2.24, 2.45) is 5.92 Å². The Morgan fingerprint density at radius 3 is 2.69 bits per heavy atom. The lowest BCUT2D eigenvalue weighted by Gasteiger charge is -2.18. The number of rotatable bonds is 5. The summed E-state index contributed by atoms with van der Waals surface area (Å²) in [5.74, 6) is 0.520. The fraction of sp³-hybridized carbons (Fsp3) is 0.538. The molecule has 0 saturated heterocycles. The van der Waals surface area contributed by atoms with Crippen molar-refractivity contribution in [2.45, 2.75) is 26.8 Å². The Bertz CT molecular complexity index is 339. The Hall–Kier alpha value is -1.09. The molecule has 0 aliphatic carbocycles. The molecule has 1 aromatic rings. The van der Waals surface area contributed by atoms with E-state index in [1.807, 2.05) is 7.05 Å². The van der Waals surface area contributed by atoms with Crippen LogP contribution in [0.2, 0.25) is 0 Å². The van der Waals surface area contributed by atoms with Gasteiger partial charge in [-0.15, -0.1) is 0 Å². The van der Waals surface area contributed by atoms with Gasteiger partial charge in [-0.1, -0.05) is 13.8 Å². The lowest BCUT2D eigenvalue weighted by Crippen LogP contribution is -2.20. The Morgan fingerprint density at radius 2 is 2.06 bits per heavy atom. The topological polar surface area (TPSA) is 23.5 Å². The highest BCUT2D eigenvalue weighted by molar-refractivity contribution is 5.32. The first-order valence-corrected chi connectivity index (χ1v) is 5.65. The molecule has 0 heterocycles. The van der Waals surface area contributed by atoms with Gasteiger partial charge in [-0.05, 0) is 44.1 Å². The maximum absolute atomic E-state index is 13.0. The van der Waals surface area contributed by atoms with Crippen molar-refractivity contribution >= 4 is 0 Å². The van der Waals surface area contributed by atoms with Crippen LogP contribution in [-0.4, -0.2) is 23.6 Å². The summed E-state index contributed by atoms with van der Waals surface area (Å²) in [6.45, 7) is 5.88. The van der Waals surface area contributed by atoms with Gasteiger partial charge in [-0.25, -0.2) is 4.39 Å². The smallest absolute Gasteiger partial charge is 0.123 e. The Kier molecular flexibility index (Phi) is 4.74. The molecule has 0 fully saturated rings. The highest BCUT2D eigenvalue weighted by Crippen LogP contribution is 2.19. The highest BCUT2D eigenvalue weighted by Gasteiger charge is 2.07. The van der Waals surface area contributed by atoms with E-state index in [4.69, 9.17) is 0 Å². The van der Waals surface area contributed by atoms with E-state index in [2.05, 4.69) is 18.7 Å². The van der Waals surface area contributed by atoms with Gasteiger partial charge < -0.3 is 10.0 Å². The van der Waals surface area contributed by atoms with Gasteiger partial charge in [0.15, 0.2) is 0 Å². The monoisotopic (exact) mass is 225 g/mol. The van der Waals surface area contributed by atoms with Gasteiger partial charge in [-0.2, -0.15) is 0 Å². The quantitative estimate of drug-likeness (QED) is 0.832. The molecule has 1 aromatic carbocycles. The molecule has 0 aromatic heterocycles. The SMILES string of the molecule is CC(C)CCN(C)Cc1cc(F)ccc1O. The molecule has 0 aliphatic rings. The van der Waals surface area contributed by atoms with Gasteiger partial charge in [0.2, 0.25) is 0 Å². The lowest BCUT2D eigenvalue weighted by molar-refractivity contribution is 0.298. The number of hydrogen-bond donors (Lipinski definition) is 1. The summed E-state index contributed by atoms with van der Waals surface area (Å²) < 4.78 is 13.0. The number of phenolic OH excluding ortho intramolecular Hbond substituents is 1. The van der Waals surface area contributed by atoms with Crippen LogP contribution in [0, 0.1) is 11.7 Å². The Balaban J connectivity index is 2.55. The highest BCUT2D eigenvalue weighted by atomic mass is 19.1. The van der Waals surface area contributed by atoms with E-state index in [1.165, 1.54) is 18.2 Å². The minimum absolute atomic E-state index is 0.165. The van der Waals surface area contributed by atoms with Gasteiger partial charge in [0, 0.05) is 12.1 Å². The fourth-order valence-electron chi connectivity index (χ4n) is 1.53. The van der Waals surface area contributed by atoms with E-state index < -0.39 is 0 Å². The summed E-state index contributed by atoms with van der Waals surface area (Å²) in [5.41, 5.74) is 0.645. The Labute approximate surface area is 96.7 Å². The molecule has 0 bridgehead atoms. The number of aromatic hydroxyl groups is 1. The van der Waals surface area contributed by atoms with Crippen LogP contribution in [0.4, 0.5) is 4.39 Å². The third kappa shape index (κ3) is 4.19. The van der Waals surface area contributed by atoms with Crippen molar-refractivity contribution in [3.8, 4) is 5.75 Å². The average Bonchev–Trinajstić information content (AvgIpc) is 2.20. The predicted octanol–water partition coefficient (Wildman–Crippen LogP) is 3.01. The molecule has 0 amide bonds. The first kappa shape index (κ1) is 13.0. The van der Waals surface area contributed by atoms with Crippen LogP contribution in [-0.2, 0) is 6.54 Å². The molecular formula is C13H20FNO. The normalized spacial score (nSPS) is 11.4. The van der Waals surface area contributed by atoms with Crippen LogP contribution < -0.4 is 0 Å². The average molecular weight is 225 g/mol. The maximum Gasteiger partial charge on any atom is 0.123 e. The number of halogens is 1. The minimum atomic E-state index is -0.301. The standard InChI is InChI=1S/C13H20FNO/c1-10(2)6-7-15(3)9-11-8-12(14)4-5-13(11)16/h4-5,8,10,16H,6-7,9H2,1-3H3. The van der Waals surface area contributed by atoms with Gasteiger partial charge >= 0.3 is 0 Å². The van der Waals surface area contributed by atoms with E-state index in [0.717, 1.165) is 13.0 Å². The van der Waals surface area contributed by atoms with Crippen LogP contribution >= 0.6 is 0 Å². The molecule has 0 atom stereocenters. The van der Waals surface area contributed by atoms with Crippen molar-refractivity contribution in [1.29, 1.82) is 0 Å². The third-order valence-electron chi connectivity index (χ3n) is 2.57. The second-order valence-corrected chi connectivity index (χ2v) is 4.69. The molecule has 1 rings (SSSR count). The van der Waals surface area contributed by atoms with Crippen molar-refractivity contribution < 1.29 is 9.50 Å². The van der Waals surface area contributed by atoms with Crippen LogP contribution in [0.25, 0.3) is 0 Å². The summed E-state index contributed by atoms with van der Waals surface area (Å²) in [4.78, 5) is 2.09. The number of phenols is 1. The molecule has 0 radical (unpaired) electrons. The zero-order chi connectivity index (χ0) is 12.1. The molecule has 90 valence electrons.